The molecule has 54 valence electrons. The van der Waals surface area contributed by atoms with Crippen LogP contribution in [-0.4, -0.2) is 9.61 Å². The van der Waals surface area contributed by atoms with Crippen LogP contribution in [0.3, 0.4) is 0 Å². The lowest BCUT2D eigenvalue weighted by Crippen LogP contribution is -2.08. The molecule has 0 fully saturated rings. The summed E-state index contributed by atoms with van der Waals surface area (Å²) in [6, 6.07) is 6.45. The van der Waals surface area contributed by atoms with Gasteiger partial charge in [0, 0.05) is 11.9 Å². The van der Waals surface area contributed by atoms with Crippen molar-refractivity contribution in [2.75, 3.05) is 0 Å². The molecule has 0 aromatic carbocycles. The highest BCUT2D eigenvalue weighted by Gasteiger charge is 2.12. The summed E-state index contributed by atoms with van der Waals surface area (Å²) >= 11 is 0. The first kappa shape index (κ1) is 5.35. The van der Waals surface area contributed by atoms with Crippen molar-refractivity contribution in [3.8, 4) is 0 Å². The number of aromatic nitrogens is 2. The van der Waals surface area contributed by atoms with E-state index in [1.54, 1.807) is 0 Å². The lowest BCUT2D eigenvalue weighted by Gasteiger charge is -2.14. The molecule has 0 spiro atoms. The fourth-order valence-corrected chi connectivity index (χ4v) is 1.79. The van der Waals surface area contributed by atoms with E-state index in [1.807, 2.05) is 10.7 Å². The average Bonchev–Trinajstić information content (AvgIpc) is 2.55. The Kier molecular flexibility index (Phi) is 0.799. The first-order valence-corrected chi connectivity index (χ1v) is 3.90. The summed E-state index contributed by atoms with van der Waals surface area (Å²) in [7, 11) is 0. The Morgan fingerprint density at radius 2 is 2.18 bits per heavy atom. The van der Waals surface area contributed by atoms with Crippen molar-refractivity contribution in [3.05, 3.63) is 35.7 Å². The molecule has 1 aliphatic heterocycles. The molecule has 4 rings (SSSR count). The van der Waals surface area contributed by atoms with E-state index in [0.29, 0.717) is 0 Å². The Hall–Kier alpha value is -1.31. The lowest BCUT2D eigenvalue weighted by atomic mass is 10.0. The number of pyridine rings is 1. The number of fused-ring (bicyclic) bond motifs is 2. The van der Waals surface area contributed by atoms with Crippen molar-refractivity contribution in [1.82, 2.24) is 9.61 Å². The molecule has 2 nitrogen and oxygen atoms in total. The van der Waals surface area contributed by atoms with Crippen molar-refractivity contribution in [2.24, 2.45) is 0 Å². The highest BCUT2D eigenvalue weighted by molar-refractivity contribution is 5.56. The standard InChI is InChI=1S/C9H8N2/c1-3-8-4-2-7(1)9-5-6-10-11(8)9/h1,3,5-6H,2,4H2. The predicted molar refractivity (Wildman–Crippen MR) is 42.6 cm³/mol. The van der Waals surface area contributed by atoms with E-state index in [-0.39, 0.29) is 0 Å². The van der Waals surface area contributed by atoms with Crippen LogP contribution in [0.5, 0.6) is 0 Å². The normalized spacial score (nSPS) is 14.5. The third-order valence-corrected chi connectivity index (χ3v) is 2.37. The summed E-state index contributed by atoms with van der Waals surface area (Å²) in [6.45, 7) is 0. The highest BCUT2D eigenvalue weighted by atomic mass is 15.2. The number of hydrogen-bond donors (Lipinski definition) is 0. The van der Waals surface area contributed by atoms with Crippen LogP contribution in [0.15, 0.2) is 24.4 Å². The molecule has 2 aliphatic rings. The Labute approximate surface area is 64.5 Å². The summed E-state index contributed by atoms with van der Waals surface area (Å²) in [4.78, 5) is 0. The predicted octanol–water partition coefficient (Wildman–Crippen LogP) is 1.43. The fourth-order valence-electron chi connectivity index (χ4n) is 1.79. The first-order chi connectivity index (χ1) is 5.45. The van der Waals surface area contributed by atoms with Crippen LogP contribution in [0.4, 0.5) is 0 Å². The van der Waals surface area contributed by atoms with Gasteiger partial charge in [-0.05, 0) is 30.5 Å². The van der Waals surface area contributed by atoms with Gasteiger partial charge in [-0.1, -0.05) is 6.07 Å². The molecular formula is C9H8N2. The Morgan fingerprint density at radius 3 is 2.91 bits per heavy atom. The van der Waals surface area contributed by atoms with E-state index >= 15 is 0 Å². The van der Waals surface area contributed by atoms with E-state index in [4.69, 9.17) is 0 Å². The number of nitrogens with zero attached hydrogens (tertiary/aromatic N) is 2. The second-order valence-corrected chi connectivity index (χ2v) is 2.98. The maximum Gasteiger partial charge on any atom is 0.0696 e. The average molecular weight is 144 g/mol. The highest BCUT2D eigenvalue weighted by Crippen LogP contribution is 2.21. The van der Waals surface area contributed by atoms with Gasteiger partial charge in [0.2, 0.25) is 0 Å². The second kappa shape index (κ2) is 1.64. The van der Waals surface area contributed by atoms with Crippen molar-refractivity contribution in [2.45, 2.75) is 12.8 Å². The third-order valence-electron chi connectivity index (χ3n) is 2.37. The van der Waals surface area contributed by atoms with Gasteiger partial charge >= 0.3 is 0 Å². The number of rotatable bonds is 0. The molecule has 2 heteroatoms. The Balaban J connectivity index is 2.64. The van der Waals surface area contributed by atoms with Crippen molar-refractivity contribution < 1.29 is 0 Å². The minimum Gasteiger partial charge on any atom is -0.238 e. The van der Waals surface area contributed by atoms with Gasteiger partial charge in [-0.3, -0.25) is 0 Å². The smallest absolute Gasteiger partial charge is 0.0696 e. The van der Waals surface area contributed by atoms with Crippen LogP contribution in [0.2, 0.25) is 0 Å². The van der Waals surface area contributed by atoms with Crippen LogP contribution >= 0.6 is 0 Å². The molecule has 2 bridgehead atoms. The quantitative estimate of drug-likeness (QED) is 0.546. The van der Waals surface area contributed by atoms with Gasteiger partial charge in [0.1, 0.15) is 0 Å². The van der Waals surface area contributed by atoms with Gasteiger partial charge < -0.3 is 0 Å². The van der Waals surface area contributed by atoms with Crippen LogP contribution in [0.1, 0.15) is 11.3 Å². The van der Waals surface area contributed by atoms with Gasteiger partial charge in [0.25, 0.3) is 0 Å². The first-order valence-electron chi connectivity index (χ1n) is 3.90. The van der Waals surface area contributed by atoms with Crippen LogP contribution in [0.25, 0.3) is 5.52 Å². The largest absolute Gasteiger partial charge is 0.238 e. The molecule has 0 radical (unpaired) electrons. The van der Waals surface area contributed by atoms with Gasteiger partial charge in [-0.2, -0.15) is 5.10 Å². The van der Waals surface area contributed by atoms with E-state index in [1.165, 1.54) is 23.2 Å². The Morgan fingerprint density at radius 1 is 1.18 bits per heavy atom. The zero-order valence-electron chi connectivity index (χ0n) is 6.12. The molecule has 0 unspecified atom stereocenters. The fraction of sp³-hybridized carbons (Fsp3) is 0.222. The van der Waals surface area contributed by atoms with E-state index < -0.39 is 0 Å². The molecule has 3 heterocycles. The van der Waals surface area contributed by atoms with Gasteiger partial charge in [-0.15, -0.1) is 0 Å². The molecule has 0 N–H and O–H groups in total. The van der Waals surface area contributed by atoms with E-state index in [2.05, 4.69) is 23.3 Å². The Bertz CT molecular complexity index is 376. The summed E-state index contributed by atoms with van der Waals surface area (Å²) in [5.41, 5.74) is 4.05. The molecule has 11 heavy (non-hydrogen) atoms. The van der Waals surface area contributed by atoms with Gasteiger partial charge in [-0.25, -0.2) is 4.52 Å². The second-order valence-electron chi connectivity index (χ2n) is 2.98. The maximum atomic E-state index is 4.25. The molecule has 2 aromatic heterocycles. The molecule has 0 atom stereocenters. The minimum absolute atomic E-state index is 1.15. The molecule has 1 aliphatic carbocycles. The van der Waals surface area contributed by atoms with Gasteiger partial charge in [0.15, 0.2) is 0 Å². The summed E-state index contributed by atoms with van der Waals surface area (Å²) in [6.07, 6.45) is 4.21. The number of aryl methyl sites for hydroxylation is 2. The van der Waals surface area contributed by atoms with Gasteiger partial charge in [0.05, 0.1) is 5.52 Å². The summed E-state index contributed by atoms with van der Waals surface area (Å²) in [5, 5.41) is 4.25. The SMILES string of the molecule is c1cc2c3ccc(n2n1)CC3. The molecule has 0 saturated carbocycles. The van der Waals surface area contributed by atoms with Crippen molar-refractivity contribution >= 4 is 5.52 Å². The lowest BCUT2D eigenvalue weighted by molar-refractivity contribution is 0.780. The summed E-state index contributed by atoms with van der Waals surface area (Å²) in [5.74, 6) is 0. The maximum absolute atomic E-state index is 4.25. The third kappa shape index (κ3) is 0.546. The zero-order chi connectivity index (χ0) is 7.26. The van der Waals surface area contributed by atoms with Crippen LogP contribution in [0, 0.1) is 0 Å². The van der Waals surface area contributed by atoms with Crippen LogP contribution < -0.4 is 0 Å². The number of hydrogen-bond acceptors (Lipinski definition) is 1. The molecule has 0 amide bonds. The van der Waals surface area contributed by atoms with E-state index in [9.17, 15) is 0 Å². The minimum atomic E-state index is 1.15. The molecule has 2 aromatic rings. The van der Waals surface area contributed by atoms with Crippen molar-refractivity contribution in [3.63, 3.8) is 0 Å². The zero-order valence-corrected chi connectivity index (χ0v) is 6.12. The summed E-state index contributed by atoms with van der Waals surface area (Å²) < 4.78 is 2.04. The monoisotopic (exact) mass is 144 g/mol. The van der Waals surface area contributed by atoms with E-state index in [0.717, 1.165) is 6.42 Å². The van der Waals surface area contributed by atoms with Crippen molar-refractivity contribution in [1.29, 1.82) is 0 Å². The van der Waals surface area contributed by atoms with Crippen LogP contribution in [-0.2, 0) is 12.8 Å². The molecule has 0 saturated heterocycles. The topological polar surface area (TPSA) is 17.3 Å². The molecular weight excluding hydrogens is 136 g/mol.